The van der Waals surface area contributed by atoms with Gasteiger partial charge in [0.1, 0.15) is 0 Å². The molecule has 0 aromatic carbocycles. The van der Waals surface area contributed by atoms with Crippen molar-refractivity contribution in [1.29, 1.82) is 0 Å². The molecule has 0 aromatic rings. The summed E-state index contributed by atoms with van der Waals surface area (Å²) in [7, 11) is 0. The quantitative estimate of drug-likeness (QED) is 0.707. The van der Waals surface area contributed by atoms with E-state index in [0.29, 0.717) is 0 Å². The van der Waals surface area contributed by atoms with Crippen LogP contribution in [0.2, 0.25) is 0 Å². The second kappa shape index (κ2) is 13.4. The van der Waals surface area contributed by atoms with Gasteiger partial charge in [-0.3, -0.25) is 0 Å². The zero-order valence-electron chi connectivity index (χ0n) is 7.19. The van der Waals surface area contributed by atoms with E-state index >= 15 is 0 Å². The minimum absolute atomic E-state index is 0. The molecule has 0 aliphatic heterocycles. The van der Waals surface area contributed by atoms with Crippen molar-refractivity contribution in [3.8, 4) is 0 Å². The molecule has 0 fully saturated rings. The van der Waals surface area contributed by atoms with Crippen molar-refractivity contribution in [1.82, 2.24) is 0 Å². The molecular weight excluding hydrogens is 266 g/mol. The van der Waals surface area contributed by atoms with Gasteiger partial charge in [-0.25, -0.2) is 0 Å². The third-order valence-electron chi connectivity index (χ3n) is 1.40. The zero-order valence-corrected chi connectivity index (χ0v) is 12.3. The molecule has 0 aromatic heterocycles. The minimum Gasteiger partial charge on any atom is -0.675 e. The third kappa shape index (κ3) is 12.5. The van der Waals surface area contributed by atoms with Gasteiger partial charge >= 0.3 is 0 Å². The first-order valence-corrected chi connectivity index (χ1v) is 3.52. The van der Waals surface area contributed by atoms with Crippen LogP contribution in [0.1, 0.15) is 39.5 Å². The van der Waals surface area contributed by atoms with E-state index in [0.717, 1.165) is 12.8 Å². The molecule has 1 unspecified atom stereocenters. The van der Waals surface area contributed by atoms with Crippen molar-refractivity contribution in [2.75, 3.05) is 0 Å². The maximum Gasteiger partial charge on any atom is 0.0854 e. The van der Waals surface area contributed by atoms with Crippen LogP contribution in [0.25, 0.3) is 5.73 Å². The third-order valence-corrected chi connectivity index (χ3v) is 1.40. The molecule has 0 saturated heterocycles. The maximum atomic E-state index is 7.32. The Morgan fingerprint density at radius 2 is 1.80 bits per heavy atom. The van der Waals surface area contributed by atoms with E-state index in [-0.39, 0.29) is 64.7 Å². The van der Waals surface area contributed by atoms with Gasteiger partial charge in [0.15, 0.2) is 0 Å². The average Bonchev–Trinajstić information content (AvgIpc) is 1.83. The van der Waals surface area contributed by atoms with Crippen molar-refractivity contribution in [3.63, 3.8) is 0 Å². The van der Waals surface area contributed by atoms with E-state index in [4.69, 9.17) is 5.73 Å². The summed E-state index contributed by atoms with van der Waals surface area (Å²) in [5.74, 6) is 0. The fourth-order valence-electron chi connectivity index (χ4n) is 0.655. The average molecular weight is 283 g/mol. The molecule has 0 spiro atoms. The van der Waals surface area contributed by atoms with Crippen LogP contribution in [-0.4, -0.2) is 23.4 Å². The van der Waals surface area contributed by atoms with Crippen molar-refractivity contribution in [2.24, 2.45) is 0 Å². The Kier molecular flexibility index (Phi) is 24.0. The maximum absolute atomic E-state index is 7.32. The molecule has 1 N–H and O–H groups in total. The molecular formula is C7H17AlNPr-. The Morgan fingerprint density at radius 3 is 2.10 bits per heavy atom. The summed E-state index contributed by atoms with van der Waals surface area (Å²) in [6, 6.07) is 0.204. The SMILES string of the molecule is CCCCC([NH-])CC.[AlH].[Pr]. The van der Waals surface area contributed by atoms with E-state index in [1.165, 1.54) is 12.8 Å². The standard InChI is InChI=1S/C7H16N.Al.Pr.H/c1-3-5-6-7(8)4-2;;;/h7-8H,3-6H2,1-2H3;;;/q-1;;;. The Balaban J connectivity index is -0.000000245. The Bertz CT molecular complexity index is 52.9. The molecule has 0 saturated carbocycles. The molecule has 0 amide bonds. The molecule has 10 heavy (non-hydrogen) atoms. The molecule has 0 bridgehead atoms. The molecule has 0 aliphatic rings. The van der Waals surface area contributed by atoms with Gasteiger partial charge in [-0.1, -0.05) is 39.5 Å². The second-order valence-electron chi connectivity index (χ2n) is 2.25. The minimum atomic E-state index is 0. The van der Waals surface area contributed by atoms with Crippen LogP contribution in [-0.2, 0) is 0 Å². The van der Waals surface area contributed by atoms with E-state index in [1.54, 1.807) is 0 Å². The van der Waals surface area contributed by atoms with E-state index in [9.17, 15) is 0 Å². The summed E-state index contributed by atoms with van der Waals surface area (Å²) in [5, 5.41) is 0. The van der Waals surface area contributed by atoms with Gasteiger partial charge in [-0.15, -0.1) is 6.04 Å². The number of hydrogen-bond acceptors (Lipinski definition) is 0. The van der Waals surface area contributed by atoms with Gasteiger partial charge in [0.2, 0.25) is 0 Å². The molecule has 3 heteroatoms. The molecule has 1 atom stereocenters. The second-order valence-corrected chi connectivity index (χ2v) is 2.25. The molecule has 3 radical (unpaired) electrons. The van der Waals surface area contributed by atoms with Crippen LogP contribution >= 0.6 is 0 Å². The van der Waals surface area contributed by atoms with Gasteiger partial charge in [0.25, 0.3) is 0 Å². The normalized spacial score (nSPS) is 11.1. The van der Waals surface area contributed by atoms with Crippen molar-refractivity contribution in [2.45, 2.75) is 45.6 Å². The number of unbranched alkanes of at least 4 members (excludes halogenated alkanes) is 1. The van der Waals surface area contributed by atoms with Crippen LogP contribution in [0.3, 0.4) is 0 Å². The van der Waals surface area contributed by atoms with Gasteiger partial charge in [0.05, 0.1) is 17.4 Å². The number of hydrogen-bond donors (Lipinski definition) is 0. The Hall–Kier alpha value is 1.86. The first kappa shape index (κ1) is 17.8. The summed E-state index contributed by atoms with van der Waals surface area (Å²) >= 11 is 0. The van der Waals surface area contributed by atoms with Gasteiger partial charge in [-0.05, 0) is 0 Å². The smallest absolute Gasteiger partial charge is 0.0854 e. The van der Waals surface area contributed by atoms with Crippen LogP contribution in [0.15, 0.2) is 0 Å². The summed E-state index contributed by atoms with van der Waals surface area (Å²) in [6.45, 7) is 4.25. The molecule has 0 rings (SSSR count). The van der Waals surface area contributed by atoms with Crippen molar-refractivity contribution in [3.05, 3.63) is 5.73 Å². The van der Waals surface area contributed by atoms with Crippen molar-refractivity contribution < 1.29 is 41.3 Å². The van der Waals surface area contributed by atoms with Crippen LogP contribution in [0.5, 0.6) is 0 Å². The zero-order chi connectivity index (χ0) is 6.41. The Morgan fingerprint density at radius 1 is 1.30 bits per heavy atom. The molecule has 0 aliphatic carbocycles. The van der Waals surface area contributed by atoms with Crippen molar-refractivity contribution >= 4 is 17.4 Å². The molecule has 0 heterocycles. The number of nitrogens with one attached hydrogen (secondary N) is 1. The first-order valence-electron chi connectivity index (χ1n) is 3.52. The van der Waals surface area contributed by atoms with Gasteiger partial charge < -0.3 is 5.73 Å². The van der Waals surface area contributed by atoms with Crippen LogP contribution < -0.4 is 0 Å². The summed E-state index contributed by atoms with van der Waals surface area (Å²) < 4.78 is 0. The fourth-order valence-corrected chi connectivity index (χ4v) is 0.655. The summed E-state index contributed by atoms with van der Waals surface area (Å²) in [5.41, 5.74) is 7.32. The van der Waals surface area contributed by atoms with E-state index in [2.05, 4.69) is 13.8 Å². The van der Waals surface area contributed by atoms with E-state index < -0.39 is 0 Å². The van der Waals surface area contributed by atoms with Crippen LogP contribution in [0.4, 0.5) is 0 Å². The summed E-state index contributed by atoms with van der Waals surface area (Å²) in [6.07, 6.45) is 4.56. The van der Waals surface area contributed by atoms with Gasteiger partial charge in [-0.2, -0.15) is 0 Å². The predicted molar refractivity (Wildman–Crippen MR) is 45.1 cm³/mol. The predicted octanol–water partition coefficient (Wildman–Crippen LogP) is 2.36. The van der Waals surface area contributed by atoms with Gasteiger partial charge in [0, 0.05) is 41.3 Å². The number of rotatable bonds is 4. The monoisotopic (exact) mass is 283 g/mol. The topological polar surface area (TPSA) is 23.8 Å². The molecule has 57 valence electrons. The fraction of sp³-hybridized carbons (Fsp3) is 1.00. The largest absolute Gasteiger partial charge is 0.675 e. The first-order chi connectivity index (χ1) is 3.81. The van der Waals surface area contributed by atoms with Crippen LogP contribution in [0, 0.1) is 41.3 Å². The van der Waals surface area contributed by atoms with E-state index in [1.807, 2.05) is 0 Å². The molecule has 1 nitrogen and oxygen atoms in total. The Labute approximate surface area is 109 Å². The summed E-state index contributed by atoms with van der Waals surface area (Å²) in [4.78, 5) is 0.